The first-order valence-electron chi connectivity index (χ1n) is 13.4. The molecule has 4 rings (SSSR count). The second-order valence-electron chi connectivity index (χ2n) is 10.1. The molecule has 10 heteroatoms. The van der Waals surface area contributed by atoms with Gasteiger partial charge < -0.3 is 33.7 Å². The monoisotopic (exact) mass is 554 g/mol. The Morgan fingerprint density at radius 2 is 1.62 bits per heavy atom. The van der Waals surface area contributed by atoms with Gasteiger partial charge in [0, 0.05) is 31.7 Å². The Labute approximate surface area is 235 Å². The summed E-state index contributed by atoms with van der Waals surface area (Å²) in [6, 6.07) is 7.73. The van der Waals surface area contributed by atoms with E-state index in [4.69, 9.17) is 23.7 Å². The smallest absolute Gasteiger partial charge is 0.295 e. The molecule has 0 aliphatic carbocycles. The number of aryl methyl sites for hydroxylation is 1. The lowest BCUT2D eigenvalue weighted by molar-refractivity contribution is -0.140. The Hall–Kier alpha value is -3.76. The largest absolute Gasteiger partial charge is 0.507 e. The van der Waals surface area contributed by atoms with Crippen LogP contribution in [0.25, 0.3) is 5.76 Å². The number of hydrogen-bond acceptors (Lipinski definition) is 9. The number of aliphatic hydroxyl groups excluding tert-OH is 1. The molecule has 0 radical (unpaired) electrons. The van der Waals surface area contributed by atoms with Crippen molar-refractivity contribution in [2.75, 3.05) is 60.7 Å². The highest BCUT2D eigenvalue weighted by molar-refractivity contribution is 6.46. The number of carbonyl (C=O) groups excluding carboxylic acids is 2. The number of ether oxygens (including phenoxy) is 5. The van der Waals surface area contributed by atoms with Gasteiger partial charge in [-0.1, -0.05) is 0 Å². The molecule has 2 saturated heterocycles. The average molecular weight is 555 g/mol. The number of amides is 1. The van der Waals surface area contributed by atoms with Crippen LogP contribution in [0.1, 0.15) is 36.6 Å². The normalized spacial score (nSPS) is 19.3. The van der Waals surface area contributed by atoms with Crippen LogP contribution in [-0.4, -0.2) is 93.4 Å². The number of carbonyl (C=O) groups is 2. The van der Waals surface area contributed by atoms with Gasteiger partial charge in [-0.3, -0.25) is 14.5 Å². The van der Waals surface area contributed by atoms with Gasteiger partial charge >= 0.3 is 0 Å². The van der Waals surface area contributed by atoms with Crippen molar-refractivity contribution in [2.24, 2.45) is 0 Å². The first-order chi connectivity index (χ1) is 19.2. The van der Waals surface area contributed by atoms with Crippen molar-refractivity contribution >= 4 is 17.4 Å². The average Bonchev–Trinajstić information content (AvgIpc) is 3.21. The number of hydrogen-bond donors (Lipinski definition) is 1. The van der Waals surface area contributed by atoms with Gasteiger partial charge in [-0.25, -0.2) is 0 Å². The molecule has 2 aliphatic rings. The number of likely N-dealkylation sites (tertiary alicyclic amines) is 1. The summed E-state index contributed by atoms with van der Waals surface area (Å²) < 4.78 is 27.9. The Kier molecular flexibility index (Phi) is 9.21. The molecule has 0 aromatic heterocycles. The van der Waals surface area contributed by atoms with E-state index in [1.165, 1.54) is 26.2 Å². The van der Waals surface area contributed by atoms with Gasteiger partial charge in [0.05, 0.1) is 52.3 Å². The summed E-state index contributed by atoms with van der Waals surface area (Å²) in [6.07, 6.45) is -0.0185. The van der Waals surface area contributed by atoms with Crippen LogP contribution in [-0.2, 0) is 14.3 Å². The number of aliphatic hydroxyl groups is 1. The Bertz CT molecular complexity index is 1260. The van der Waals surface area contributed by atoms with Crippen molar-refractivity contribution in [3.63, 3.8) is 0 Å². The Balaban J connectivity index is 1.83. The summed E-state index contributed by atoms with van der Waals surface area (Å²) in [5, 5.41) is 11.6. The summed E-state index contributed by atoms with van der Waals surface area (Å²) >= 11 is 0. The molecule has 1 amide bonds. The molecule has 2 aliphatic heterocycles. The minimum atomic E-state index is -0.873. The van der Waals surface area contributed by atoms with Crippen molar-refractivity contribution in [3.05, 3.63) is 52.6 Å². The van der Waals surface area contributed by atoms with Crippen LogP contribution >= 0.6 is 0 Å². The molecule has 2 aromatic rings. The fourth-order valence-corrected chi connectivity index (χ4v) is 5.13. The summed E-state index contributed by atoms with van der Waals surface area (Å²) in [5.74, 6) is 0.131. The van der Waals surface area contributed by atoms with Gasteiger partial charge in [-0.05, 0) is 62.2 Å². The Morgan fingerprint density at radius 3 is 2.17 bits per heavy atom. The van der Waals surface area contributed by atoms with E-state index < -0.39 is 17.7 Å². The quantitative estimate of drug-likeness (QED) is 0.268. The first kappa shape index (κ1) is 29.2. The number of methoxy groups -OCH3 is 3. The third-order valence-corrected chi connectivity index (χ3v) is 7.11. The summed E-state index contributed by atoms with van der Waals surface area (Å²) in [4.78, 5) is 30.7. The molecule has 2 heterocycles. The van der Waals surface area contributed by atoms with Crippen LogP contribution in [0.5, 0.6) is 23.0 Å². The second-order valence-corrected chi connectivity index (χ2v) is 10.1. The standard InChI is InChI=1S/C30H38N2O8/c1-18(2)40-22-8-7-20(15-19(22)3)27(33)25-26(21-16-23(36-4)29(38-6)24(17-21)37-5)32(30(35)28(25)34)10-9-31-11-13-39-14-12-31/h7-8,15-18,26,33H,9-14H2,1-6H3/b27-25+/t26-/m1/s1. The van der Waals surface area contributed by atoms with Crippen LogP contribution in [0.3, 0.4) is 0 Å². The molecule has 0 saturated carbocycles. The van der Waals surface area contributed by atoms with Crippen LogP contribution in [0.2, 0.25) is 0 Å². The van der Waals surface area contributed by atoms with Crippen molar-refractivity contribution in [3.8, 4) is 23.0 Å². The molecule has 0 spiro atoms. The van der Waals surface area contributed by atoms with E-state index >= 15 is 0 Å². The third-order valence-electron chi connectivity index (χ3n) is 7.11. The molecular weight excluding hydrogens is 516 g/mol. The van der Waals surface area contributed by atoms with Crippen molar-refractivity contribution in [1.82, 2.24) is 9.80 Å². The zero-order chi connectivity index (χ0) is 29.0. The number of morpholine rings is 1. The molecule has 1 N–H and O–H groups in total. The lowest BCUT2D eigenvalue weighted by atomic mass is 9.94. The topological polar surface area (TPSA) is 107 Å². The van der Waals surface area contributed by atoms with Crippen molar-refractivity contribution in [2.45, 2.75) is 32.9 Å². The van der Waals surface area contributed by atoms with E-state index in [1.807, 2.05) is 20.8 Å². The summed E-state index contributed by atoms with van der Waals surface area (Å²) in [7, 11) is 4.50. The fraction of sp³-hybridized carbons (Fsp3) is 0.467. The minimum absolute atomic E-state index is 0.00169. The van der Waals surface area contributed by atoms with Gasteiger partial charge in [0.15, 0.2) is 11.5 Å². The number of rotatable bonds is 10. The van der Waals surface area contributed by atoms with Gasteiger partial charge in [-0.2, -0.15) is 0 Å². The predicted molar refractivity (Wildman–Crippen MR) is 149 cm³/mol. The minimum Gasteiger partial charge on any atom is -0.507 e. The maximum atomic E-state index is 13.5. The number of Topliss-reactive ketones (excluding diaryl/α,β-unsaturated/α-hetero) is 1. The Morgan fingerprint density at radius 1 is 0.975 bits per heavy atom. The molecule has 40 heavy (non-hydrogen) atoms. The van der Waals surface area contributed by atoms with Crippen LogP contribution < -0.4 is 18.9 Å². The predicted octanol–water partition coefficient (Wildman–Crippen LogP) is 3.56. The zero-order valence-electron chi connectivity index (χ0n) is 24.0. The molecule has 0 bridgehead atoms. The van der Waals surface area contributed by atoms with E-state index in [1.54, 1.807) is 30.3 Å². The highest BCUT2D eigenvalue weighted by atomic mass is 16.5. The molecule has 2 fully saturated rings. The number of nitrogens with zero attached hydrogens (tertiary/aromatic N) is 2. The van der Waals surface area contributed by atoms with Gasteiger partial charge in [0.25, 0.3) is 11.7 Å². The molecule has 10 nitrogen and oxygen atoms in total. The second kappa shape index (κ2) is 12.6. The first-order valence-corrected chi connectivity index (χ1v) is 13.4. The fourth-order valence-electron chi connectivity index (χ4n) is 5.13. The highest BCUT2D eigenvalue weighted by Crippen LogP contribution is 2.45. The van der Waals surface area contributed by atoms with Crippen molar-refractivity contribution in [1.29, 1.82) is 0 Å². The molecule has 216 valence electrons. The van der Waals surface area contributed by atoms with Gasteiger partial charge in [0.1, 0.15) is 11.5 Å². The molecule has 2 aromatic carbocycles. The number of ketones is 1. The third kappa shape index (κ3) is 5.88. The van der Waals surface area contributed by atoms with E-state index in [0.717, 1.165) is 18.7 Å². The van der Waals surface area contributed by atoms with Crippen LogP contribution in [0, 0.1) is 6.92 Å². The zero-order valence-corrected chi connectivity index (χ0v) is 24.0. The SMILES string of the molecule is COc1cc([C@@H]2/C(=C(\O)c3ccc(OC(C)C)c(C)c3)C(=O)C(=O)N2CCN2CCOCC2)cc(OC)c1OC. The van der Waals surface area contributed by atoms with E-state index in [9.17, 15) is 14.7 Å². The lowest BCUT2D eigenvalue weighted by Crippen LogP contribution is -2.42. The van der Waals surface area contributed by atoms with Crippen LogP contribution in [0.4, 0.5) is 0 Å². The maximum Gasteiger partial charge on any atom is 0.295 e. The van der Waals surface area contributed by atoms with E-state index in [-0.39, 0.29) is 24.0 Å². The summed E-state index contributed by atoms with van der Waals surface area (Å²) in [5.41, 5.74) is 1.76. The van der Waals surface area contributed by atoms with E-state index in [0.29, 0.717) is 53.9 Å². The van der Waals surface area contributed by atoms with Gasteiger partial charge in [0.2, 0.25) is 5.75 Å². The van der Waals surface area contributed by atoms with Crippen molar-refractivity contribution < 1.29 is 38.4 Å². The highest BCUT2D eigenvalue weighted by Gasteiger charge is 2.46. The number of benzene rings is 2. The maximum absolute atomic E-state index is 13.5. The molecular formula is C30H38N2O8. The van der Waals surface area contributed by atoms with Gasteiger partial charge in [-0.15, -0.1) is 0 Å². The molecule has 1 atom stereocenters. The van der Waals surface area contributed by atoms with Crippen LogP contribution in [0.15, 0.2) is 35.9 Å². The summed E-state index contributed by atoms with van der Waals surface area (Å²) in [6.45, 7) is 9.28. The van der Waals surface area contributed by atoms with E-state index in [2.05, 4.69) is 4.90 Å². The lowest BCUT2D eigenvalue weighted by Gasteiger charge is -2.31. The molecule has 0 unspecified atom stereocenters.